The molecule has 0 aliphatic rings. The molecule has 0 saturated heterocycles. The van der Waals surface area contributed by atoms with Gasteiger partial charge >= 0.3 is 11.9 Å². The van der Waals surface area contributed by atoms with Gasteiger partial charge in [-0.2, -0.15) is 0 Å². The summed E-state index contributed by atoms with van der Waals surface area (Å²) in [5.41, 5.74) is 1.05. The van der Waals surface area contributed by atoms with Crippen molar-refractivity contribution in [3.05, 3.63) is 29.3 Å². The number of rotatable bonds is 7. The minimum Gasteiger partial charge on any atom is -0.508 e. The molecule has 3 atom stereocenters. The highest BCUT2D eigenvalue weighted by Gasteiger charge is 2.29. The van der Waals surface area contributed by atoms with Crippen LogP contribution in [-0.4, -0.2) is 72.0 Å². The van der Waals surface area contributed by atoms with Gasteiger partial charge in [-0.25, -0.2) is 9.59 Å². The number of benzene rings is 1. The molecule has 0 aliphatic heterocycles. The third-order valence-electron chi connectivity index (χ3n) is 3.29. The molecule has 1 rings (SSSR count). The van der Waals surface area contributed by atoms with Crippen LogP contribution in [0, 0.1) is 0 Å². The summed E-state index contributed by atoms with van der Waals surface area (Å²) in [6, 6.07) is 4.76. The molecule has 10 heteroatoms. The van der Waals surface area contributed by atoms with Crippen LogP contribution in [0.25, 0.3) is 0 Å². The molecule has 0 bridgehead atoms. The van der Waals surface area contributed by atoms with Crippen molar-refractivity contribution in [3.8, 4) is 5.75 Å². The molecule has 154 valence electrons. The number of nitrogens with one attached hydrogen (secondary N) is 1. The monoisotopic (exact) mass is 389 g/mol. The molecule has 2 unspecified atom stereocenters. The number of phenols is 1. The average Bonchev–Trinajstić information content (AvgIpc) is 2.58. The first-order chi connectivity index (χ1) is 12.3. The molecule has 0 saturated carbocycles. The molecule has 1 aromatic rings. The highest BCUT2D eigenvalue weighted by atomic mass is 16.4. The van der Waals surface area contributed by atoms with Gasteiger partial charge in [-0.05, 0) is 38.5 Å². The van der Waals surface area contributed by atoms with Crippen molar-refractivity contribution in [2.45, 2.75) is 51.2 Å². The van der Waals surface area contributed by atoms with Crippen LogP contribution in [0.4, 0.5) is 0 Å². The fourth-order valence-corrected chi connectivity index (χ4v) is 1.73. The maximum Gasteiger partial charge on any atom is 0.335 e. The number of carbonyl (C=O) groups is 2. The van der Waals surface area contributed by atoms with Crippen LogP contribution in [-0.2, 0) is 16.2 Å². The Hall–Kier alpha value is -2.24. The van der Waals surface area contributed by atoms with E-state index in [1.54, 1.807) is 12.1 Å². The van der Waals surface area contributed by atoms with Crippen molar-refractivity contribution >= 4 is 11.9 Å². The quantitative estimate of drug-likeness (QED) is 0.293. The van der Waals surface area contributed by atoms with E-state index in [1.807, 2.05) is 20.8 Å². The van der Waals surface area contributed by atoms with E-state index >= 15 is 0 Å². The normalized spacial score (nSPS) is 14.5. The molecule has 10 nitrogen and oxygen atoms in total. The minimum absolute atomic E-state index is 0.0484. The lowest BCUT2D eigenvalue weighted by atomic mass is 10.0. The lowest BCUT2D eigenvalue weighted by Gasteiger charge is -2.23. The van der Waals surface area contributed by atoms with Gasteiger partial charge in [-0.15, -0.1) is 0 Å². The fourth-order valence-electron chi connectivity index (χ4n) is 1.73. The van der Waals surface area contributed by atoms with Gasteiger partial charge < -0.3 is 41.1 Å². The zero-order valence-electron chi connectivity index (χ0n) is 15.3. The van der Waals surface area contributed by atoms with Gasteiger partial charge in [-0.1, -0.05) is 6.07 Å². The van der Waals surface area contributed by atoms with Gasteiger partial charge in [0, 0.05) is 17.6 Å². The molecule has 0 radical (unpaired) electrons. The highest BCUT2D eigenvalue weighted by Crippen LogP contribution is 2.22. The van der Waals surface area contributed by atoms with Crippen molar-refractivity contribution in [2.75, 3.05) is 6.54 Å². The second-order valence-electron chi connectivity index (χ2n) is 6.76. The van der Waals surface area contributed by atoms with Crippen molar-refractivity contribution in [1.29, 1.82) is 0 Å². The molecular formula is C17H27NO9. The second kappa shape index (κ2) is 10.8. The first-order valence-electron chi connectivity index (χ1n) is 7.97. The molecule has 0 aliphatic carbocycles. The Bertz CT molecular complexity index is 609. The van der Waals surface area contributed by atoms with E-state index in [-0.39, 0.29) is 17.9 Å². The van der Waals surface area contributed by atoms with Gasteiger partial charge in [-0.3, -0.25) is 0 Å². The van der Waals surface area contributed by atoms with Crippen LogP contribution < -0.4 is 5.32 Å². The zero-order valence-corrected chi connectivity index (χ0v) is 15.3. The van der Waals surface area contributed by atoms with E-state index in [2.05, 4.69) is 5.32 Å². The van der Waals surface area contributed by atoms with Gasteiger partial charge in [0.05, 0.1) is 12.7 Å². The SMILES string of the molecule is CC(C)(C)NC[C@H](O)c1ccc(O)c(CO)c1.O=C(O)C(O)C(O)C(=O)O. The largest absolute Gasteiger partial charge is 0.508 e. The first kappa shape index (κ1) is 24.8. The Labute approximate surface area is 156 Å². The van der Waals surface area contributed by atoms with Crippen LogP contribution in [0.3, 0.4) is 0 Å². The molecular weight excluding hydrogens is 362 g/mol. The second-order valence-corrected chi connectivity index (χ2v) is 6.76. The van der Waals surface area contributed by atoms with Crippen molar-refractivity contribution in [3.63, 3.8) is 0 Å². The molecule has 27 heavy (non-hydrogen) atoms. The van der Waals surface area contributed by atoms with E-state index in [0.717, 1.165) is 0 Å². The Balaban J connectivity index is 0.000000580. The lowest BCUT2D eigenvalue weighted by Crippen LogP contribution is -2.39. The van der Waals surface area contributed by atoms with E-state index in [4.69, 9.17) is 25.5 Å². The average molecular weight is 389 g/mol. The Kier molecular flexibility index (Phi) is 9.90. The van der Waals surface area contributed by atoms with Crippen molar-refractivity contribution < 1.29 is 45.3 Å². The summed E-state index contributed by atoms with van der Waals surface area (Å²) in [7, 11) is 0. The predicted molar refractivity (Wildman–Crippen MR) is 94.0 cm³/mol. The zero-order chi connectivity index (χ0) is 21.4. The summed E-state index contributed by atoms with van der Waals surface area (Å²) in [6.45, 7) is 6.26. The minimum atomic E-state index is -2.27. The number of carboxylic acid groups (broad SMARTS) is 2. The van der Waals surface area contributed by atoms with Gasteiger partial charge in [0.1, 0.15) is 5.75 Å². The van der Waals surface area contributed by atoms with E-state index in [1.165, 1.54) is 6.07 Å². The molecule has 8 N–H and O–H groups in total. The molecule has 1 aromatic carbocycles. The molecule has 0 spiro atoms. The molecule has 0 heterocycles. The summed E-state index contributed by atoms with van der Waals surface area (Å²) in [5, 5.41) is 64.1. The summed E-state index contributed by atoms with van der Waals surface area (Å²) < 4.78 is 0. The summed E-state index contributed by atoms with van der Waals surface area (Å²) in [5.74, 6) is -3.49. The van der Waals surface area contributed by atoms with Gasteiger partial charge in [0.25, 0.3) is 0 Å². The third-order valence-corrected chi connectivity index (χ3v) is 3.29. The number of β-amino-alcohol motifs (C(OH)–C–C–N with tert-alkyl or cyclic N) is 1. The molecule has 0 fully saturated rings. The number of aliphatic hydroxyl groups excluding tert-OH is 4. The lowest BCUT2D eigenvalue weighted by molar-refractivity contribution is -0.165. The Morgan fingerprint density at radius 2 is 1.52 bits per heavy atom. The highest BCUT2D eigenvalue weighted by molar-refractivity contribution is 5.83. The number of hydrogen-bond donors (Lipinski definition) is 8. The van der Waals surface area contributed by atoms with Crippen LogP contribution in [0.5, 0.6) is 5.75 Å². The summed E-state index contributed by atoms with van der Waals surface area (Å²) in [4.78, 5) is 19.5. The van der Waals surface area contributed by atoms with Gasteiger partial charge in [0.2, 0.25) is 0 Å². The summed E-state index contributed by atoms with van der Waals surface area (Å²) in [6.07, 6.45) is -5.19. The third kappa shape index (κ3) is 9.31. The topological polar surface area (TPSA) is 188 Å². The first-order valence-corrected chi connectivity index (χ1v) is 7.97. The van der Waals surface area contributed by atoms with Crippen molar-refractivity contribution in [1.82, 2.24) is 5.32 Å². The van der Waals surface area contributed by atoms with Gasteiger partial charge in [0.15, 0.2) is 12.2 Å². The van der Waals surface area contributed by atoms with Crippen molar-refractivity contribution in [2.24, 2.45) is 0 Å². The standard InChI is InChI=1S/C13H21NO3.C4H6O6/c1-13(2,3)14-7-12(17)9-4-5-11(16)10(6-9)8-15;5-1(3(7)8)2(6)4(9)10/h4-6,12,14-17H,7-8H2,1-3H3;1-2,5-6H,(H,7,8)(H,9,10)/t12-;/m0./s1. The fraction of sp³-hybridized carbons (Fsp3) is 0.529. The van der Waals surface area contributed by atoms with Crippen LogP contribution >= 0.6 is 0 Å². The number of aromatic hydroxyl groups is 1. The predicted octanol–water partition coefficient (Wildman–Crippen LogP) is -0.817. The number of aliphatic carboxylic acids is 2. The molecule has 0 amide bonds. The summed E-state index contributed by atoms with van der Waals surface area (Å²) >= 11 is 0. The Morgan fingerprint density at radius 3 is 1.89 bits per heavy atom. The van der Waals surface area contributed by atoms with Crippen LogP contribution in [0.15, 0.2) is 18.2 Å². The maximum atomic E-state index is 9.97. The van der Waals surface area contributed by atoms with E-state index < -0.39 is 30.3 Å². The van der Waals surface area contributed by atoms with E-state index in [0.29, 0.717) is 17.7 Å². The van der Waals surface area contributed by atoms with Crippen LogP contribution in [0.1, 0.15) is 38.0 Å². The van der Waals surface area contributed by atoms with E-state index in [9.17, 15) is 19.8 Å². The van der Waals surface area contributed by atoms with Crippen LogP contribution in [0.2, 0.25) is 0 Å². The Morgan fingerprint density at radius 1 is 1.04 bits per heavy atom. The molecule has 0 aromatic heterocycles. The smallest absolute Gasteiger partial charge is 0.335 e. The number of aliphatic hydroxyl groups is 4. The maximum absolute atomic E-state index is 9.97. The number of carboxylic acids is 2. The number of hydrogen-bond acceptors (Lipinski definition) is 8.